The van der Waals surface area contributed by atoms with E-state index in [1.54, 1.807) is 19.4 Å². The maximum atomic E-state index is 5.49. The van der Waals surface area contributed by atoms with Crippen molar-refractivity contribution in [1.82, 2.24) is 0 Å². The van der Waals surface area contributed by atoms with Crippen LogP contribution >= 0.6 is 0 Å². The van der Waals surface area contributed by atoms with E-state index < -0.39 is 0 Å². The van der Waals surface area contributed by atoms with E-state index in [0.717, 1.165) is 0 Å². The predicted molar refractivity (Wildman–Crippen MR) is 71.5 cm³/mol. The summed E-state index contributed by atoms with van der Waals surface area (Å²) in [4.78, 5) is 3.97. The molecule has 0 heterocycles. The van der Waals surface area contributed by atoms with Crippen molar-refractivity contribution in [2.75, 3.05) is 20.3 Å². The zero-order chi connectivity index (χ0) is 12.8. The van der Waals surface area contributed by atoms with Gasteiger partial charge in [0, 0.05) is 8.54 Å². The minimum Gasteiger partial charge on any atom is -0.490 e. The van der Waals surface area contributed by atoms with Gasteiger partial charge < -0.3 is 15.2 Å². The highest BCUT2D eigenvalue weighted by molar-refractivity contribution is 5.76. The first-order valence-corrected chi connectivity index (χ1v) is 5.48. The van der Waals surface area contributed by atoms with E-state index in [1.165, 1.54) is 0 Å². The Kier molecular flexibility index (Phi) is 14.7. The zero-order valence-electron chi connectivity index (χ0n) is 11.0. The number of hydrogen-bond donors (Lipinski definition) is 1. The molecule has 4 heteroatoms. The molecule has 0 aromatic heterocycles. The molecule has 0 saturated carbocycles. The van der Waals surface area contributed by atoms with Gasteiger partial charge in [-0.3, -0.25) is 0 Å². The Labute approximate surface area is 100 Å². The molecule has 16 heavy (non-hydrogen) atoms. The molecule has 0 aliphatic heterocycles. The fraction of sp³-hybridized carbons (Fsp3) is 0.583. The van der Waals surface area contributed by atoms with Crippen LogP contribution in [-0.4, -0.2) is 26.5 Å². The normalized spacial score (nSPS) is 12.3. The van der Waals surface area contributed by atoms with Gasteiger partial charge in [-0.2, -0.15) is 0 Å². The highest BCUT2D eigenvalue weighted by Crippen LogP contribution is 1.95. The predicted octanol–water partition coefficient (Wildman–Crippen LogP) is 2.72. The summed E-state index contributed by atoms with van der Waals surface area (Å²) >= 11 is 0. The molecule has 0 aromatic rings. The molecule has 0 aliphatic rings. The summed E-state index contributed by atoms with van der Waals surface area (Å²) in [6.45, 7) is 8.77. The van der Waals surface area contributed by atoms with Crippen molar-refractivity contribution in [1.29, 1.82) is 0 Å². The monoisotopic (exact) mass is 230 g/mol. The smallest absolute Gasteiger partial charge is 0.133 e. The summed E-state index contributed by atoms with van der Waals surface area (Å²) in [5, 5.41) is 0. The summed E-state index contributed by atoms with van der Waals surface area (Å²) in [7, 11) is 1.63. The zero-order valence-corrected chi connectivity index (χ0v) is 11.0. The van der Waals surface area contributed by atoms with Crippen LogP contribution in [0.15, 0.2) is 28.7 Å². The lowest BCUT2D eigenvalue weighted by atomic mass is 10.5. The minimum atomic E-state index is 0. The number of nitrogens with two attached hydrogens (primary N) is 1. The Morgan fingerprint density at radius 2 is 1.88 bits per heavy atom. The second-order valence-electron chi connectivity index (χ2n) is 2.50. The molecule has 96 valence electrons. The molecular formula is C12H26N2O2. The lowest BCUT2D eigenvalue weighted by Crippen LogP contribution is -2.03. The van der Waals surface area contributed by atoms with Crippen LogP contribution < -0.4 is 5.73 Å². The van der Waals surface area contributed by atoms with E-state index in [0.29, 0.717) is 24.8 Å². The van der Waals surface area contributed by atoms with Gasteiger partial charge in [0.2, 0.25) is 0 Å². The third kappa shape index (κ3) is 10.8. The Bertz CT molecular complexity index is 239. The van der Waals surface area contributed by atoms with E-state index in [9.17, 15) is 0 Å². The van der Waals surface area contributed by atoms with Crippen molar-refractivity contribution in [3.8, 4) is 0 Å². The fourth-order valence-electron chi connectivity index (χ4n) is 0.651. The molecular weight excluding hydrogens is 204 g/mol. The number of aliphatic imine (C=N–C) groups is 1. The topological polar surface area (TPSA) is 56.8 Å². The van der Waals surface area contributed by atoms with Crippen molar-refractivity contribution in [2.24, 2.45) is 10.7 Å². The van der Waals surface area contributed by atoms with E-state index in [-0.39, 0.29) is 1.43 Å². The maximum absolute atomic E-state index is 5.49. The molecule has 0 rings (SSSR count). The Balaban J connectivity index is -0.000000616. The lowest BCUT2D eigenvalue weighted by molar-refractivity contribution is 0.117. The van der Waals surface area contributed by atoms with Gasteiger partial charge in [0.1, 0.15) is 18.2 Å². The summed E-state index contributed by atoms with van der Waals surface area (Å²) < 4.78 is 10.2. The van der Waals surface area contributed by atoms with Crippen molar-refractivity contribution < 1.29 is 10.9 Å². The standard InChI is InChI=1S/C10H18N2O2.C2H6.H2/c1-4-9(14-7-6-13-3)8-12-10(11)5-2;1-2;/h4-5,8H,6-7,11H2,1-3H3;1-2H3;1H/b9-4+,10-5+,12-8-;;. The average Bonchev–Trinajstić information content (AvgIpc) is 2.35. The van der Waals surface area contributed by atoms with E-state index in [2.05, 4.69) is 4.99 Å². The molecule has 2 N–H and O–H groups in total. The van der Waals surface area contributed by atoms with E-state index in [4.69, 9.17) is 15.2 Å². The van der Waals surface area contributed by atoms with Crippen LogP contribution in [0.1, 0.15) is 29.1 Å². The van der Waals surface area contributed by atoms with Gasteiger partial charge in [0.05, 0.1) is 12.8 Å². The molecule has 0 radical (unpaired) electrons. The molecule has 0 aromatic carbocycles. The van der Waals surface area contributed by atoms with Gasteiger partial charge in [-0.15, -0.1) is 0 Å². The maximum Gasteiger partial charge on any atom is 0.133 e. The number of ether oxygens (including phenoxy) is 2. The van der Waals surface area contributed by atoms with Crippen LogP contribution in [0.5, 0.6) is 0 Å². The Morgan fingerprint density at radius 1 is 1.25 bits per heavy atom. The largest absolute Gasteiger partial charge is 0.490 e. The van der Waals surface area contributed by atoms with Crippen molar-refractivity contribution in [3.63, 3.8) is 0 Å². The first-order chi connectivity index (χ1) is 7.74. The van der Waals surface area contributed by atoms with Crippen molar-refractivity contribution in [2.45, 2.75) is 27.7 Å². The fourth-order valence-corrected chi connectivity index (χ4v) is 0.651. The first-order valence-electron chi connectivity index (χ1n) is 5.48. The summed E-state index contributed by atoms with van der Waals surface area (Å²) in [6.07, 6.45) is 5.13. The van der Waals surface area contributed by atoms with Gasteiger partial charge in [0.15, 0.2) is 0 Å². The quantitative estimate of drug-likeness (QED) is 0.433. The first kappa shape index (κ1) is 17.1. The number of allylic oxidation sites excluding steroid dienone is 3. The highest BCUT2D eigenvalue weighted by Gasteiger charge is 1.92. The number of hydrogen-bond acceptors (Lipinski definition) is 4. The van der Waals surface area contributed by atoms with Gasteiger partial charge in [0.25, 0.3) is 0 Å². The molecule has 0 spiro atoms. The third-order valence-corrected chi connectivity index (χ3v) is 1.48. The highest BCUT2D eigenvalue weighted by atomic mass is 16.5. The van der Waals surface area contributed by atoms with Crippen molar-refractivity contribution >= 4 is 6.21 Å². The van der Waals surface area contributed by atoms with Crippen LogP contribution in [0.25, 0.3) is 0 Å². The van der Waals surface area contributed by atoms with Crippen molar-refractivity contribution in [3.05, 3.63) is 23.7 Å². The minimum absolute atomic E-state index is 0. The molecule has 0 atom stereocenters. The second kappa shape index (κ2) is 13.7. The SMILES string of the molecule is C/C=C(N)/N=C\C(=C/C)OCCOC.CC.[HH]. The van der Waals surface area contributed by atoms with Crippen LogP contribution in [0.4, 0.5) is 0 Å². The second-order valence-corrected chi connectivity index (χ2v) is 2.50. The van der Waals surface area contributed by atoms with Gasteiger partial charge in [-0.25, -0.2) is 4.99 Å². The van der Waals surface area contributed by atoms with Crippen LogP contribution in [0.3, 0.4) is 0 Å². The molecule has 4 nitrogen and oxygen atoms in total. The summed E-state index contributed by atoms with van der Waals surface area (Å²) in [6, 6.07) is 0. The number of rotatable bonds is 6. The molecule has 0 saturated heterocycles. The van der Waals surface area contributed by atoms with E-state index in [1.807, 2.05) is 33.8 Å². The summed E-state index contributed by atoms with van der Waals surface area (Å²) in [5.74, 6) is 1.16. The average molecular weight is 230 g/mol. The lowest BCUT2D eigenvalue weighted by Gasteiger charge is -2.04. The van der Waals surface area contributed by atoms with E-state index >= 15 is 0 Å². The number of nitrogens with zero attached hydrogens (tertiary/aromatic N) is 1. The number of methoxy groups -OCH3 is 1. The van der Waals surface area contributed by atoms with Crippen LogP contribution in [0.2, 0.25) is 0 Å². The Morgan fingerprint density at radius 3 is 2.31 bits per heavy atom. The molecule has 0 bridgehead atoms. The van der Waals surface area contributed by atoms with Gasteiger partial charge in [-0.05, 0) is 26.0 Å². The summed E-state index contributed by atoms with van der Waals surface area (Å²) in [5.41, 5.74) is 5.49. The van der Waals surface area contributed by atoms with Gasteiger partial charge in [-0.1, -0.05) is 13.8 Å². The molecule has 0 aliphatic carbocycles. The van der Waals surface area contributed by atoms with Gasteiger partial charge >= 0.3 is 0 Å². The van der Waals surface area contributed by atoms with Crippen LogP contribution in [-0.2, 0) is 9.47 Å². The molecule has 0 amide bonds. The molecule has 0 unspecified atom stereocenters. The Hall–Kier alpha value is -1.29. The third-order valence-electron chi connectivity index (χ3n) is 1.48. The molecule has 0 fully saturated rings. The van der Waals surface area contributed by atoms with Crippen LogP contribution in [0, 0.1) is 0 Å².